The van der Waals surface area contributed by atoms with Crippen LogP contribution in [0.1, 0.15) is 106 Å². The van der Waals surface area contributed by atoms with Crippen molar-refractivity contribution in [1.82, 2.24) is 0 Å². The highest BCUT2D eigenvalue weighted by Gasteiger charge is 2.15. The average molecular weight is 377 g/mol. The van der Waals surface area contributed by atoms with Gasteiger partial charge < -0.3 is 9.47 Å². The van der Waals surface area contributed by atoms with E-state index in [9.17, 15) is 9.59 Å². The van der Waals surface area contributed by atoms with Crippen LogP contribution in [-0.4, -0.2) is 24.6 Å². The van der Waals surface area contributed by atoms with E-state index in [0.29, 0.717) is 17.7 Å². The standard InChI is InChI=1S/C23H36O4/c1-4-7-9-10-11-12-18-26-22(24)19-14-16-20(17-15-19)23(25)27-21(6-3)13-8-5-2/h14-17,21H,4-13,18H2,1-3H3. The van der Waals surface area contributed by atoms with Gasteiger partial charge in [0.05, 0.1) is 17.7 Å². The molecule has 0 aliphatic heterocycles. The molecule has 4 nitrogen and oxygen atoms in total. The van der Waals surface area contributed by atoms with Gasteiger partial charge in [-0.05, 0) is 43.5 Å². The van der Waals surface area contributed by atoms with Crippen LogP contribution < -0.4 is 0 Å². The van der Waals surface area contributed by atoms with Gasteiger partial charge in [-0.2, -0.15) is 0 Å². The van der Waals surface area contributed by atoms with Crippen LogP contribution in [-0.2, 0) is 9.47 Å². The van der Waals surface area contributed by atoms with Gasteiger partial charge in [-0.15, -0.1) is 0 Å². The topological polar surface area (TPSA) is 52.6 Å². The molecule has 1 aromatic carbocycles. The summed E-state index contributed by atoms with van der Waals surface area (Å²) in [6.45, 7) is 6.79. The van der Waals surface area contributed by atoms with E-state index >= 15 is 0 Å². The van der Waals surface area contributed by atoms with E-state index in [1.165, 1.54) is 25.7 Å². The molecule has 0 aliphatic rings. The minimum atomic E-state index is -0.335. The minimum Gasteiger partial charge on any atom is -0.462 e. The van der Waals surface area contributed by atoms with E-state index < -0.39 is 0 Å². The zero-order chi connectivity index (χ0) is 19.9. The highest BCUT2D eigenvalue weighted by molar-refractivity contribution is 5.93. The lowest BCUT2D eigenvalue weighted by Gasteiger charge is -2.15. The lowest BCUT2D eigenvalue weighted by atomic mass is 10.1. The van der Waals surface area contributed by atoms with Crippen molar-refractivity contribution in [2.24, 2.45) is 0 Å². The van der Waals surface area contributed by atoms with E-state index in [4.69, 9.17) is 9.47 Å². The summed E-state index contributed by atoms with van der Waals surface area (Å²) in [5.41, 5.74) is 0.938. The summed E-state index contributed by atoms with van der Waals surface area (Å²) in [6, 6.07) is 6.53. The molecule has 0 saturated heterocycles. The monoisotopic (exact) mass is 376 g/mol. The summed E-state index contributed by atoms with van der Waals surface area (Å²) in [7, 11) is 0. The fourth-order valence-electron chi connectivity index (χ4n) is 2.87. The highest BCUT2D eigenvalue weighted by atomic mass is 16.5. The maximum Gasteiger partial charge on any atom is 0.338 e. The molecule has 0 N–H and O–H groups in total. The molecule has 0 aliphatic carbocycles. The first-order chi connectivity index (χ1) is 13.1. The summed E-state index contributed by atoms with van der Waals surface area (Å²) in [4.78, 5) is 24.3. The van der Waals surface area contributed by atoms with E-state index in [2.05, 4.69) is 13.8 Å². The van der Waals surface area contributed by atoms with E-state index in [-0.39, 0.29) is 18.0 Å². The molecule has 0 aromatic heterocycles. The number of benzene rings is 1. The van der Waals surface area contributed by atoms with Crippen LogP contribution in [0.25, 0.3) is 0 Å². The van der Waals surface area contributed by atoms with Crippen molar-refractivity contribution in [1.29, 1.82) is 0 Å². The van der Waals surface area contributed by atoms with E-state index in [1.54, 1.807) is 24.3 Å². The van der Waals surface area contributed by atoms with Gasteiger partial charge in [0.2, 0.25) is 0 Å². The number of carbonyl (C=O) groups is 2. The molecule has 1 aromatic rings. The van der Waals surface area contributed by atoms with Gasteiger partial charge in [-0.25, -0.2) is 9.59 Å². The second-order valence-corrected chi connectivity index (χ2v) is 7.06. The van der Waals surface area contributed by atoms with Crippen LogP contribution in [0.2, 0.25) is 0 Å². The van der Waals surface area contributed by atoms with Crippen LogP contribution in [0.4, 0.5) is 0 Å². The van der Waals surface area contributed by atoms with Crippen LogP contribution in [0.15, 0.2) is 24.3 Å². The minimum absolute atomic E-state index is 0.0422. The first-order valence-electron chi connectivity index (χ1n) is 10.6. The maximum atomic E-state index is 12.2. The fourth-order valence-corrected chi connectivity index (χ4v) is 2.87. The Kier molecular flexibility index (Phi) is 12.2. The van der Waals surface area contributed by atoms with Crippen molar-refractivity contribution >= 4 is 11.9 Å². The van der Waals surface area contributed by atoms with Crippen LogP contribution in [0.3, 0.4) is 0 Å². The smallest absolute Gasteiger partial charge is 0.338 e. The van der Waals surface area contributed by atoms with Crippen LogP contribution in [0, 0.1) is 0 Å². The molecule has 27 heavy (non-hydrogen) atoms. The van der Waals surface area contributed by atoms with E-state index in [1.807, 2.05) is 6.92 Å². The third-order valence-corrected chi connectivity index (χ3v) is 4.70. The first kappa shape index (κ1) is 23.2. The largest absolute Gasteiger partial charge is 0.462 e. The average Bonchev–Trinajstić information content (AvgIpc) is 2.70. The zero-order valence-corrected chi connectivity index (χ0v) is 17.3. The predicted molar refractivity (Wildman–Crippen MR) is 109 cm³/mol. The second-order valence-electron chi connectivity index (χ2n) is 7.06. The first-order valence-corrected chi connectivity index (χ1v) is 10.6. The Balaban J connectivity index is 2.39. The SMILES string of the molecule is CCCCCCCCOC(=O)c1ccc(C(=O)OC(CC)CCCC)cc1. The molecule has 0 fully saturated rings. The molecule has 0 saturated carbocycles. The summed E-state index contributed by atoms with van der Waals surface area (Å²) < 4.78 is 10.9. The number of ether oxygens (including phenoxy) is 2. The molecule has 0 bridgehead atoms. The van der Waals surface area contributed by atoms with Gasteiger partial charge in [0.25, 0.3) is 0 Å². The Hall–Kier alpha value is -1.84. The maximum absolute atomic E-state index is 12.2. The molecule has 4 heteroatoms. The number of esters is 2. The molecule has 0 spiro atoms. The van der Waals surface area contributed by atoms with Gasteiger partial charge >= 0.3 is 11.9 Å². The van der Waals surface area contributed by atoms with Gasteiger partial charge in [-0.3, -0.25) is 0 Å². The third kappa shape index (κ3) is 9.60. The number of unbranched alkanes of at least 4 members (excludes halogenated alkanes) is 6. The number of carbonyl (C=O) groups excluding carboxylic acids is 2. The molecule has 1 rings (SSSR count). The van der Waals surface area contributed by atoms with Crippen LogP contribution in [0.5, 0.6) is 0 Å². The van der Waals surface area contributed by atoms with Gasteiger partial charge in [0, 0.05) is 0 Å². The van der Waals surface area contributed by atoms with Crippen molar-refractivity contribution in [3.05, 3.63) is 35.4 Å². The number of hydrogen-bond acceptors (Lipinski definition) is 4. The van der Waals surface area contributed by atoms with Gasteiger partial charge in [0.1, 0.15) is 6.10 Å². The summed E-state index contributed by atoms with van der Waals surface area (Å²) in [5, 5.41) is 0. The van der Waals surface area contributed by atoms with Crippen molar-refractivity contribution < 1.29 is 19.1 Å². The van der Waals surface area contributed by atoms with Gasteiger partial charge in [-0.1, -0.05) is 65.7 Å². The van der Waals surface area contributed by atoms with Gasteiger partial charge in [0.15, 0.2) is 0 Å². The van der Waals surface area contributed by atoms with Crippen molar-refractivity contribution in [2.75, 3.05) is 6.61 Å². The highest BCUT2D eigenvalue weighted by Crippen LogP contribution is 2.14. The normalized spacial score (nSPS) is 11.8. The Morgan fingerprint density at radius 1 is 0.778 bits per heavy atom. The predicted octanol–water partition coefficient (Wildman–Crippen LogP) is 6.33. The van der Waals surface area contributed by atoms with E-state index in [0.717, 1.165) is 38.5 Å². The third-order valence-electron chi connectivity index (χ3n) is 4.70. The number of hydrogen-bond donors (Lipinski definition) is 0. The summed E-state index contributed by atoms with van der Waals surface area (Å²) in [6.07, 6.45) is 10.7. The molecule has 0 heterocycles. The van der Waals surface area contributed by atoms with Crippen molar-refractivity contribution in [3.8, 4) is 0 Å². The summed E-state index contributed by atoms with van der Waals surface area (Å²) in [5.74, 6) is -0.664. The molecule has 1 atom stereocenters. The quantitative estimate of drug-likeness (QED) is 0.281. The molecule has 1 unspecified atom stereocenters. The summed E-state index contributed by atoms with van der Waals surface area (Å²) >= 11 is 0. The van der Waals surface area contributed by atoms with Crippen molar-refractivity contribution in [3.63, 3.8) is 0 Å². The Morgan fingerprint density at radius 3 is 1.93 bits per heavy atom. The molecule has 0 radical (unpaired) electrons. The number of rotatable bonds is 14. The Labute approximate surface area is 164 Å². The molecule has 0 amide bonds. The lowest BCUT2D eigenvalue weighted by molar-refractivity contribution is 0.0267. The zero-order valence-electron chi connectivity index (χ0n) is 17.3. The fraction of sp³-hybridized carbons (Fsp3) is 0.652. The molecule has 152 valence electrons. The molecular formula is C23H36O4. The molecular weight excluding hydrogens is 340 g/mol. The second kappa shape index (κ2) is 14.2. The van der Waals surface area contributed by atoms with Crippen LogP contribution >= 0.6 is 0 Å². The lowest BCUT2D eigenvalue weighted by Crippen LogP contribution is -2.17. The van der Waals surface area contributed by atoms with Crippen molar-refractivity contribution in [2.45, 2.75) is 91.1 Å². The Bertz CT molecular complexity index is 536. The Morgan fingerprint density at radius 2 is 1.33 bits per heavy atom.